The summed E-state index contributed by atoms with van der Waals surface area (Å²) in [6.45, 7) is 5.46. The van der Waals surface area contributed by atoms with Gasteiger partial charge in [0, 0.05) is 2.85 Å². The molecule has 2 aliphatic rings. The zero-order valence-corrected chi connectivity index (χ0v) is 14.4. The lowest BCUT2D eigenvalue weighted by Crippen LogP contribution is -2.27. The highest BCUT2D eigenvalue weighted by atomic mass is 16.5. The SMILES string of the molecule is C.Cc1ccc(OCC2CCC(C3CCC(C)CC3)CC2)cc1.[HH].[HH]. The van der Waals surface area contributed by atoms with Crippen LogP contribution in [0.15, 0.2) is 24.3 Å². The van der Waals surface area contributed by atoms with Crippen molar-refractivity contribution in [3.63, 3.8) is 0 Å². The van der Waals surface area contributed by atoms with Crippen LogP contribution in [0.1, 0.15) is 74.1 Å². The molecule has 1 aromatic rings. The van der Waals surface area contributed by atoms with Crippen LogP contribution in [0.4, 0.5) is 0 Å². The smallest absolute Gasteiger partial charge is 0.119 e. The third-order valence-electron chi connectivity index (χ3n) is 6.13. The fraction of sp³-hybridized carbons (Fsp3) is 0.727. The Hall–Kier alpha value is -0.980. The first-order valence-corrected chi connectivity index (χ1v) is 9.40. The number of ether oxygens (including phenoxy) is 1. The van der Waals surface area contributed by atoms with E-state index in [-0.39, 0.29) is 10.3 Å². The monoisotopic (exact) mass is 320 g/mol. The van der Waals surface area contributed by atoms with Crippen molar-refractivity contribution >= 4 is 0 Å². The van der Waals surface area contributed by atoms with E-state index >= 15 is 0 Å². The molecule has 0 unspecified atom stereocenters. The molecule has 0 N–H and O–H groups in total. The molecular weight excluding hydrogens is 280 g/mol. The van der Waals surface area contributed by atoms with Gasteiger partial charge in [0.25, 0.3) is 0 Å². The Morgan fingerprint density at radius 1 is 0.870 bits per heavy atom. The van der Waals surface area contributed by atoms with Crippen LogP contribution < -0.4 is 4.74 Å². The first-order valence-electron chi connectivity index (χ1n) is 9.40. The Bertz CT molecular complexity index is 444. The Kier molecular flexibility index (Phi) is 6.99. The molecule has 1 aromatic carbocycles. The summed E-state index contributed by atoms with van der Waals surface area (Å²) in [6.07, 6.45) is 11.6. The number of benzene rings is 1. The van der Waals surface area contributed by atoms with E-state index in [0.29, 0.717) is 0 Å². The van der Waals surface area contributed by atoms with Crippen molar-refractivity contribution in [1.82, 2.24) is 0 Å². The second-order valence-electron chi connectivity index (χ2n) is 7.92. The molecule has 2 fully saturated rings. The summed E-state index contributed by atoms with van der Waals surface area (Å²) in [5.74, 6) is 4.85. The number of hydrogen-bond acceptors (Lipinski definition) is 1. The first-order chi connectivity index (χ1) is 10.7. The average Bonchev–Trinajstić information content (AvgIpc) is 2.56. The van der Waals surface area contributed by atoms with Crippen LogP contribution in [0.2, 0.25) is 0 Å². The number of hydrogen-bond donors (Lipinski definition) is 0. The molecule has 1 heteroatoms. The summed E-state index contributed by atoms with van der Waals surface area (Å²) in [5.41, 5.74) is 1.30. The van der Waals surface area contributed by atoms with Crippen molar-refractivity contribution in [2.75, 3.05) is 6.61 Å². The predicted octanol–water partition coefficient (Wildman–Crippen LogP) is 7.13. The third-order valence-corrected chi connectivity index (χ3v) is 6.13. The minimum absolute atomic E-state index is 0. The predicted molar refractivity (Wildman–Crippen MR) is 104 cm³/mol. The first kappa shape index (κ1) is 18.4. The summed E-state index contributed by atoms with van der Waals surface area (Å²) in [6, 6.07) is 8.47. The molecule has 2 saturated carbocycles. The van der Waals surface area contributed by atoms with Crippen LogP contribution >= 0.6 is 0 Å². The summed E-state index contributed by atoms with van der Waals surface area (Å²) < 4.78 is 6.00. The Morgan fingerprint density at radius 2 is 1.39 bits per heavy atom. The van der Waals surface area contributed by atoms with Gasteiger partial charge in [-0.05, 0) is 81.3 Å². The standard InChI is InChI=1S/C21H32O.CH4.2H2/c1-16-3-9-19(10-4-16)20-11-7-18(8-12-20)15-22-21-13-5-17(2)6-14-21;;;/h5-6,13-14,16,18-20H,3-4,7-12,15H2,1-2H3;1H4;2*1H. The molecule has 0 saturated heterocycles. The van der Waals surface area contributed by atoms with Crippen LogP contribution in [0.25, 0.3) is 0 Å². The normalized spacial score (nSPS) is 31.2. The van der Waals surface area contributed by atoms with Crippen molar-refractivity contribution in [2.24, 2.45) is 23.7 Å². The van der Waals surface area contributed by atoms with E-state index in [9.17, 15) is 0 Å². The fourth-order valence-electron chi connectivity index (χ4n) is 4.43. The highest BCUT2D eigenvalue weighted by Gasteiger charge is 2.30. The molecule has 3 rings (SSSR count). The maximum absolute atomic E-state index is 6.00. The van der Waals surface area contributed by atoms with E-state index in [4.69, 9.17) is 4.74 Å². The van der Waals surface area contributed by atoms with Crippen molar-refractivity contribution in [3.8, 4) is 5.75 Å². The quantitative estimate of drug-likeness (QED) is 0.573. The minimum atomic E-state index is 0. The van der Waals surface area contributed by atoms with E-state index in [1.807, 2.05) is 0 Å². The maximum Gasteiger partial charge on any atom is 0.119 e. The van der Waals surface area contributed by atoms with Gasteiger partial charge in [0.1, 0.15) is 5.75 Å². The lowest BCUT2D eigenvalue weighted by molar-refractivity contribution is 0.126. The van der Waals surface area contributed by atoms with Gasteiger partial charge in [-0.3, -0.25) is 0 Å². The average molecular weight is 321 g/mol. The van der Waals surface area contributed by atoms with Crippen molar-refractivity contribution in [3.05, 3.63) is 29.8 Å². The van der Waals surface area contributed by atoms with Crippen LogP contribution in [-0.2, 0) is 0 Å². The summed E-state index contributed by atoms with van der Waals surface area (Å²) in [7, 11) is 0. The van der Waals surface area contributed by atoms with Crippen molar-refractivity contribution in [2.45, 2.75) is 72.6 Å². The largest absolute Gasteiger partial charge is 0.493 e. The minimum Gasteiger partial charge on any atom is -0.493 e. The van der Waals surface area contributed by atoms with Gasteiger partial charge in [-0.25, -0.2) is 0 Å². The number of rotatable bonds is 4. The second-order valence-corrected chi connectivity index (χ2v) is 7.92. The van der Waals surface area contributed by atoms with Crippen molar-refractivity contribution in [1.29, 1.82) is 0 Å². The molecule has 0 spiro atoms. The van der Waals surface area contributed by atoms with Gasteiger partial charge in [0.15, 0.2) is 0 Å². The van der Waals surface area contributed by atoms with Crippen LogP contribution in [0.3, 0.4) is 0 Å². The van der Waals surface area contributed by atoms with Crippen LogP contribution in [0, 0.1) is 30.6 Å². The van der Waals surface area contributed by atoms with E-state index < -0.39 is 0 Å². The van der Waals surface area contributed by atoms with Gasteiger partial charge < -0.3 is 4.74 Å². The van der Waals surface area contributed by atoms with Gasteiger partial charge in [-0.1, -0.05) is 44.9 Å². The summed E-state index contributed by atoms with van der Waals surface area (Å²) in [4.78, 5) is 0. The molecule has 0 heterocycles. The molecule has 23 heavy (non-hydrogen) atoms. The van der Waals surface area contributed by atoms with Gasteiger partial charge in [-0.2, -0.15) is 0 Å². The molecule has 1 nitrogen and oxygen atoms in total. The van der Waals surface area contributed by atoms with E-state index in [1.54, 1.807) is 0 Å². The summed E-state index contributed by atoms with van der Waals surface area (Å²) in [5, 5.41) is 0. The molecule has 0 radical (unpaired) electrons. The Labute approximate surface area is 146 Å². The highest BCUT2D eigenvalue weighted by molar-refractivity contribution is 5.26. The zero-order chi connectivity index (χ0) is 15.4. The Morgan fingerprint density at radius 3 is 1.96 bits per heavy atom. The molecule has 0 aliphatic heterocycles. The molecule has 0 atom stereocenters. The molecule has 2 aliphatic carbocycles. The molecule has 0 amide bonds. The van der Waals surface area contributed by atoms with Gasteiger partial charge in [0.05, 0.1) is 6.61 Å². The number of aryl methyl sites for hydroxylation is 1. The van der Waals surface area contributed by atoms with Crippen LogP contribution in [0.5, 0.6) is 5.75 Å². The van der Waals surface area contributed by atoms with Crippen molar-refractivity contribution < 1.29 is 7.59 Å². The topological polar surface area (TPSA) is 9.23 Å². The van der Waals surface area contributed by atoms with Gasteiger partial charge in [0.2, 0.25) is 0 Å². The zero-order valence-electron chi connectivity index (χ0n) is 14.4. The fourth-order valence-corrected chi connectivity index (χ4v) is 4.43. The van der Waals surface area contributed by atoms with Gasteiger partial charge in [-0.15, -0.1) is 0 Å². The van der Waals surface area contributed by atoms with E-state index in [0.717, 1.165) is 36.0 Å². The third kappa shape index (κ3) is 5.26. The Balaban J connectivity index is 0.00000192. The second kappa shape index (κ2) is 8.76. The van der Waals surface area contributed by atoms with E-state index in [2.05, 4.69) is 38.1 Å². The lowest BCUT2D eigenvalue weighted by Gasteiger charge is -2.37. The highest BCUT2D eigenvalue weighted by Crippen LogP contribution is 2.41. The maximum atomic E-state index is 6.00. The molecular formula is C22H40O. The van der Waals surface area contributed by atoms with E-state index in [1.165, 1.54) is 56.9 Å². The molecule has 134 valence electrons. The lowest BCUT2D eigenvalue weighted by atomic mass is 9.69. The summed E-state index contributed by atoms with van der Waals surface area (Å²) >= 11 is 0. The molecule has 0 aromatic heterocycles. The van der Waals surface area contributed by atoms with Gasteiger partial charge >= 0.3 is 0 Å². The molecule has 0 bridgehead atoms. The van der Waals surface area contributed by atoms with Crippen LogP contribution in [-0.4, -0.2) is 6.61 Å².